The van der Waals surface area contributed by atoms with Crippen LogP contribution in [0.5, 0.6) is 0 Å². The molecule has 2 aliphatic rings. The molecule has 0 aliphatic carbocycles. The molecule has 134 valence electrons. The Kier molecular flexibility index (Phi) is 5.09. The first-order valence-electron chi connectivity index (χ1n) is 8.81. The van der Waals surface area contributed by atoms with Crippen LogP contribution in [0, 0.1) is 6.92 Å². The lowest BCUT2D eigenvalue weighted by atomic mass is 10.3. The zero-order chi connectivity index (χ0) is 17.1. The molecule has 25 heavy (non-hydrogen) atoms. The molecule has 1 atom stereocenters. The van der Waals surface area contributed by atoms with Gasteiger partial charge in [0.25, 0.3) is 0 Å². The molecule has 4 heterocycles. The average molecular weight is 360 g/mol. The second kappa shape index (κ2) is 7.63. The SMILES string of the molecule is Cc1ncsc1CN1CCC(Nc2nccc(N3CCOCC3)n2)C1. The van der Waals surface area contributed by atoms with Crippen LogP contribution in [0.25, 0.3) is 0 Å². The van der Waals surface area contributed by atoms with E-state index in [1.807, 2.05) is 17.8 Å². The van der Waals surface area contributed by atoms with Crippen molar-refractivity contribution in [1.29, 1.82) is 0 Å². The minimum atomic E-state index is 0.396. The molecule has 1 unspecified atom stereocenters. The standard InChI is InChI=1S/C17H24N6OS/c1-13-15(25-12-19-13)11-22-5-3-14(10-22)20-17-18-4-2-16(21-17)23-6-8-24-9-7-23/h2,4,12,14H,3,5-11H2,1H3,(H,18,20,21). The van der Waals surface area contributed by atoms with E-state index in [0.29, 0.717) is 6.04 Å². The van der Waals surface area contributed by atoms with Gasteiger partial charge in [-0.05, 0) is 19.4 Å². The smallest absolute Gasteiger partial charge is 0.224 e. The summed E-state index contributed by atoms with van der Waals surface area (Å²) in [5.41, 5.74) is 3.09. The van der Waals surface area contributed by atoms with Crippen LogP contribution in [0.4, 0.5) is 11.8 Å². The van der Waals surface area contributed by atoms with Crippen molar-refractivity contribution in [1.82, 2.24) is 19.9 Å². The molecule has 0 saturated carbocycles. The molecule has 2 aliphatic heterocycles. The van der Waals surface area contributed by atoms with E-state index in [1.165, 1.54) is 4.88 Å². The summed E-state index contributed by atoms with van der Waals surface area (Å²) in [7, 11) is 0. The normalized spacial score (nSPS) is 21.6. The Balaban J connectivity index is 1.34. The molecule has 0 aromatic carbocycles. The number of aromatic nitrogens is 3. The maximum atomic E-state index is 5.41. The van der Waals surface area contributed by atoms with E-state index in [0.717, 1.165) is 69.8 Å². The highest BCUT2D eigenvalue weighted by molar-refractivity contribution is 7.09. The topological polar surface area (TPSA) is 66.4 Å². The Morgan fingerprint density at radius 3 is 2.96 bits per heavy atom. The number of morpholine rings is 1. The van der Waals surface area contributed by atoms with E-state index >= 15 is 0 Å². The van der Waals surface area contributed by atoms with E-state index in [2.05, 4.69) is 32.0 Å². The number of hydrogen-bond acceptors (Lipinski definition) is 8. The molecule has 4 rings (SSSR count). The summed E-state index contributed by atoms with van der Waals surface area (Å²) in [6, 6.07) is 2.37. The van der Waals surface area contributed by atoms with Crippen molar-refractivity contribution in [3.8, 4) is 0 Å². The zero-order valence-corrected chi connectivity index (χ0v) is 15.3. The summed E-state index contributed by atoms with van der Waals surface area (Å²) in [6.07, 6.45) is 2.95. The quantitative estimate of drug-likeness (QED) is 0.871. The lowest BCUT2D eigenvalue weighted by Gasteiger charge is -2.28. The van der Waals surface area contributed by atoms with Crippen molar-refractivity contribution in [2.45, 2.75) is 25.9 Å². The van der Waals surface area contributed by atoms with Crippen LogP contribution in [-0.2, 0) is 11.3 Å². The van der Waals surface area contributed by atoms with Crippen LogP contribution in [0.2, 0.25) is 0 Å². The van der Waals surface area contributed by atoms with E-state index in [4.69, 9.17) is 9.72 Å². The molecule has 2 saturated heterocycles. The number of nitrogens with one attached hydrogen (secondary N) is 1. The third-order valence-electron chi connectivity index (χ3n) is 4.79. The molecule has 0 bridgehead atoms. The van der Waals surface area contributed by atoms with Crippen molar-refractivity contribution in [2.75, 3.05) is 49.6 Å². The number of anilines is 2. The summed E-state index contributed by atoms with van der Waals surface area (Å²) >= 11 is 1.75. The van der Waals surface area contributed by atoms with Crippen LogP contribution < -0.4 is 10.2 Å². The lowest BCUT2D eigenvalue weighted by Crippen LogP contribution is -2.37. The minimum Gasteiger partial charge on any atom is -0.378 e. The van der Waals surface area contributed by atoms with Gasteiger partial charge in [0.15, 0.2) is 0 Å². The maximum absolute atomic E-state index is 5.41. The predicted octanol–water partition coefficient (Wildman–Crippen LogP) is 1.76. The Morgan fingerprint density at radius 2 is 2.16 bits per heavy atom. The number of rotatable bonds is 5. The molecule has 1 N–H and O–H groups in total. The minimum absolute atomic E-state index is 0.396. The number of likely N-dealkylation sites (tertiary alicyclic amines) is 1. The van der Waals surface area contributed by atoms with E-state index in [1.54, 1.807) is 11.3 Å². The molecule has 0 spiro atoms. The van der Waals surface area contributed by atoms with Gasteiger partial charge in [-0.1, -0.05) is 0 Å². The molecule has 8 heteroatoms. The highest BCUT2D eigenvalue weighted by Gasteiger charge is 2.24. The van der Waals surface area contributed by atoms with Gasteiger partial charge in [0.05, 0.1) is 24.4 Å². The van der Waals surface area contributed by atoms with Gasteiger partial charge in [-0.3, -0.25) is 4.90 Å². The van der Waals surface area contributed by atoms with E-state index < -0.39 is 0 Å². The van der Waals surface area contributed by atoms with Crippen molar-refractivity contribution >= 4 is 23.1 Å². The second-order valence-corrected chi connectivity index (χ2v) is 7.50. The highest BCUT2D eigenvalue weighted by Crippen LogP contribution is 2.21. The lowest BCUT2D eigenvalue weighted by molar-refractivity contribution is 0.122. The number of hydrogen-bond donors (Lipinski definition) is 1. The van der Waals surface area contributed by atoms with Crippen LogP contribution in [-0.4, -0.2) is 65.3 Å². The summed E-state index contributed by atoms with van der Waals surface area (Å²) < 4.78 is 5.41. The summed E-state index contributed by atoms with van der Waals surface area (Å²) in [4.78, 5) is 19.5. The zero-order valence-electron chi connectivity index (χ0n) is 14.5. The van der Waals surface area contributed by atoms with Crippen LogP contribution in [0.15, 0.2) is 17.8 Å². The highest BCUT2D eigenvalue weighted by atomic mass is 32.1. The first-order valence-corrected chi connectivity index (χ1v) is 9.69. The van der Waals surface area contributed by atoms with Crippen molar-refractivity contribution in [3.05, 3.63) is 28.3 Å². The molecule has 0 radical (unpaired) electrons. The molecule has 2 aromatic heterocycles. The Labute approximate surface area is 152 Å². The average Bonchev–Trinajstić information content (AvgIpc) is 3.26. The predicted molar refractivity (Wildman–Crippen MR) is 99.2 cm³/mol. The van der Waals surface area contributed by atoms with Crippen molar-refractivity contribution in [2.24, 2.45) is 0 Å². The monoisotopic (exact) mass is 360 g/mol. The Morgan fingerprint density at radius 1 is 1.28 bits per heavy atom. The summed E-state index contributed by atoms with van der Waals surface area (Å²) in [5, 5.41) is 3.51. The Hall–Kier alpha value is -1.77. The van der Waals surface area contributed by atoms with Crippen molar-refractivity contribution < 1.29 is 4.74 Å². The van der Waals surface area contributed by atoms with Gasteiger partial charge < -0.3 is 15.0 Å². The molecular weight excluding hydrogens is 336 g/mol. The third-order valence-corrected chi connectivity index (χ3v) is 5.71. The van der Waals surface area contributed by atoms with Gasteiger partial charge in [0.2, 0.25) is 5.95 Å². The first kappa shape index (κ1) is 16.7. The van der Waals surface area contributed by atoms with Gasteiger partial charge in [-0.2, -0.15) is 4.98 Å². The molecular formula is C17H24N6OS. The molecule has 2 aromatic rings. The first-order chi connectivity index (χ1) is 12.3. The van der Waals surface area contributed by atoms with Crippen molar-refractivity contribution in [3.63, 3.8) is 0 Å². The van der Waals surface area contributed by atoms with Crippen LogP contribution >= 0.6 is 11.3 Å². The van der Waals surface area contributed by atoms with E-state index in [9.17, 15) is 0 Å². The Bertz CT molecular complexity index is 702. The van der Waals surface area contributed by atoms with Gasteiger partial charge in [-0.25, -0.2) is 9.97 Å². The number of thiazole rings is 1. The largest absolute Gasteiger partial charge is 0.378 e. The van der Waals surface area contributed by atoms with Crippen LogP contribution in [0.3, 0.4) is 0 Å². The fraction of sp³-hybridized carbons (Fsp3) is 0.588. The van der Waals surface area contributed by atoms with Gasteiger partial charge in [-0.15, -0.1) is 11.3 Å². The summed E-state index contributed by atoms with van der Waals surface area (Å²) in [5.74, 6) is 1.71. The number of aryl methyl sites for hydroxylation is 1. The number of nitrogens with zero attached hydrogens (tertiary/aromatic N) is 5. The fourth-order valence-corrected chi connectivity index (χ4v) is 4.16. The number of ether oxygens (including phenoxy) is 1. The third kappa shape index (κ3) is 4.08. The van der Waals surface area contributed by atoms with Gasteiger partial charge >= 0.3 is 0 Å². The van der Waals surface area contributed by atoms with Gasteiger partial charge in [0, 0.05) is 49.8 Å². The van der Waals surface area contributed by atoms with Crippen LogP contribution in [0.1, 0.15) is 17.0 Å². The second-order valence-electron chi connectivity index (χ2n) is 6.56. The molecule has 0 amide bonds. The van der Waals surface area contributed by atoms with E-state index in [-0.39, 0.29) is 0 Å². The molecule has 2 fully saturated rings. The van der Waals surface area contributed by atoms with Gasteiger partial charge in [0.1, 0.15) is 5.82 Å². The fourth-order valence-electron chi connectivity index (χ4n) is 3.35. The maximum Gasteiger partial charge on any atom is 0.224 e. The molecule has 7 nitrogen and oxygen atoms in total. The summed E-state index contributed by atoms with van der Waals surface area (Å²) in [6.45, 7) is 8.50.